The molecular weight excluding hydrogens is 352 g/mol. The number of thiazole rings is 1. The maximum absolute atomic E-state index is 12.5. The van der Waals surface area contributed by atoms with Crippen LogP contribution in [0.15, 0.2) is 29.9 Å². The van der Waals surface area contributed by atoms with Gasteiger partial charge in [-0.3, -0.25) is 15.1 Å². The van der Waals surface area contributed by atoms with Gasteiger partial charge in [0.2, 0.25) is 0 Å². The molecule has 2 amide bonds. The van der Waals surface area contributed by atoms with Gasteiger partial charge in [0.05, 0.1) is 24.8 Å². The molecule has 0 saturated heterocycles. The van der Waals surface area contributed by atoms with E-state index in [1.807, 2.05) is 17.5 Å². The average molecular weight is 374 g/mol. The lowest BCUT2D eigenvalue weighted by molar-refractivity contribution is -0.142. The van der Waals surface area contributed by atoms with Crippen LogP contribution in [0.4, 0.5) is 9.93 Å². The van der Waals surface area contributed by atoms with Crippen LogP contribution in [-0.4, -0.2) is 34.6 Å². The van der Waals surface area contributed by atoms with Crippen molar-refractivity contribution in [2.24, 2.45) is 0 Å². The molecule has 0 unspecified atom stereocenters. The van der Waals surface area contributed by atoms with Gasteiger partial charge in [-0.15, -0.1) is 11.3 Å². The van der Waals surface area contributed by atoms with Gasteiger partial charge in [-0.25, -0.2) is 9.78 Å². The van der Waals surface area contributed by atoms with Crippen molar-refractivity contribution in [3.63, 3.8) is 0 Å². The third kappa shape index (κ3) is 4.57. The van der Waals surface area contributed by atoms with E-state index in [9.17, 15) is 9.59 Å². The van der Waals surface area contributed by atoms with Crippen LogP contribution in [0.2, 0.25) is 0 Å². The predicted octanol–water partition coefficient (Wildman–Crippen LogP) is 3.59. The first kappa shape index (κ1) is 18.3. The average Bonchev–Trinajstić information content (AvgIpc) is 3.11. The minimum absolute atomic E-state index is 0.190. The number of amides is 2. The van der Waals surface area contributed by atoms with E-state index in [1.54, 1.807) is 12.4 Å². The number of hydrogen-bond donors (Lipinski definition) is 2. The molecule has 0 aliphatic heterocycles. The third-order valence-corrected chi connectivity index (χ3v) is 5.34. The monoisotopic (exact) mass is 374 g/mol. The van der Waals surface area contributed by atoms with E-state index in [0.29, 0.717) is 5.13 Å². The lowest BCUT2D eigenvalue weighted by Gasteiger charge is -2.37. The van der Waals surface area contributed by atoms with Crippen LogP contribution in [0.5, 0.6) is 0 Å². The molecule has 2 heterocycles. The molecule has 1 saturated carbocycles. The molecule has 2 aromatic rings. The molecular formula is C18H22N4O3S. The van der Waals surface area contributed by atoms with Gasteiger partial charge >= 0.3 is 12.0 Å². The highest BCUT2D eigenvalue weighted by Crippen LogP contribution is 2.32. The maximum Gasteiger partial charge on any atom is 0.321 e. The molecule has 1 fully saturated rings. The van der Waals surface area contributed by atoms with Crippen LogP contribution in [0.3, 0.4) is 0 Å². The van der Waals surface area contributed by atoms with Gasteiger partial charge in [0.25, 0.3) is 0 Å². The highest BCUT2D eigenvalue weighted by molar-refractivity contribution is 7.14. The zero-order chi connectivity index (χ0) is 18.4. The van der Waals surface area contributed by atoms with E-state index in [1.165, 1.54) is 18.4 Å². The lowest BCUT2D eigenvalue weighted by Crippen LogP contribution is -2.52. The Balaban J connectivity index is 1.65. The number of esters is 1. The number of urea groups is 1. The van der Waals surface area contributed by atoms with Crippen molar-refractivity contribution in [3.05, 3.63) is 29.9 Å². The molecule has 3 rings (SSSR count). The highest BCUT2D eigenvalue weighted by Gasteiger charge is 2.36. The first-order valence-corrected chi connectivity index (χ1v) is 9.50. The number of pyridine rings is 1. The minimum atomic E-state index is -0.543. The molecule has 138 valence electrons. The number of hydrogen-bond acceptors (Lipinski definition) is 6. The number of nitrogens with one attached hydrogen (secondary N) is 2. The summed E-state index contributed by atoms with van der Waals surface area (Å²) < 4.78 is 4.80. The van der Waals surface area contributed by atoms with Crippen molar-refractivity contribution in [1.82, 2.24) is 15.3 Å². The third-order valence-electron chi connectivity index (χ3n) is 4.58. The van der Waals surface area contributed by atoms with Gasteiger partial charge < -0.3 is 10.1 Å². The molecule has 1 aliphatic carbocycles. The largest absolute Gasteiger partial charge is 0.469 e. The Labute approximate surface area is 156 Å². The fourth-order valence-electron chi connectivity index (χ4n) is 3.27. The minimum Gasteiger partial charge on any atom is -0.469 e. The van der Waals surface area contributed by atoms with Gasteiger partial charge in [-0.1, -0.05) is 19.3 Å². The van der Waals surface area contributed by atoms with Crippen LogP contribution in [0.1, 0.15) is 38.5 Å². The Morgan fingerprint density at radius 3 is 2.81 bits per heavy atom. The van der Waals surface area contributed by atoms with Gasteiger partial charge in [0, 0.05) is 23.3 Å². The number of anilines is 1. The summed E-state index contributed by atoms with van der Waals surface area (Å²) in [5.74, 6) is -0.305. The molecule has 8 heteroatoms. The summed E-state index contributed by atoms with van der Waals surface area (Å²) >= 11 is 1.35. The Morgan fingerprint density at radius 2 is 2.12 bits per heavy atom. The molecule has 7 nitrogen and oxygen atoms in total. The van der Waals surface area contributed by atoms with Crippen LogP contribution >= 0.6 is 11.3 Å². The Bertz CT molecular complexity index is 757. The molecule has 0 atom stereocenters. The van der Waals surface area contributed by atoms with Crippen LogP contribution in [0.25, 0.3) is 11.3 Å². The van der Waals surface area contributed by atoms with Crippen molar-refractivity contribution < 1.29 is 14.3 Å². The van der Waals surface area contributed by atoms with E-state index in [0.717, 1.165) is 43.4 Å². The first-order valence-electron chi connectivity index (χ1n) is 8.62. The summed E-state index contributed by atoms with van der Waals surface area (Å²) in [7, 11) is 1.37. The smallest absolute Gasteiger partial charge is 0.321 e. The van der Waals surface area contributed by atoms with Crippen molar-refractivity contribution in [2.45, 2.75) is 44.1 Å². The van der Waals surface area contributed by atoms with Gasteiger partial charge in [-0.05, 0) is 25.0 Å². The van der Waals surface area contributed by atoms with E-state index in [-0.39, 0.29) is 18.4 Å². The standard InChI is InChI=1S/C18H22N4O3S/c1-25-15(23)10-18(7-3-2-4-8-18)22-16(24)21-17-20-14(12-26-17)13-6-5-9-19-11-13/h5-6,9,11-12H,2-4,7-8,10H2,1H3,(H2,20,21,22,24). The molecule has 0 bridgehead atoms. The second-order valence-electron chi connectivity index (χ2n) is 6.45. The fourth-order valence-corrected chi connectivity index (χ4v) is 3.98. The summed E-state index contributed by atoms with van der Waals surface area (Å²) in [5.41, 5.74) is 1.12. The number of aromatic nitrogens is 2. The number of carbonyl (C=O) groups excluding carboxylic acids is 2. The van der Waals surface area contributed by atoms with Crippen molar-refractivity contribution >= 4 is 28.5 Å². The highest BCUT2D eigenvalue weighted by atomic mass is 32.1. The van der Waals surface area contributed by atoms with Gasteiger partial charge in [-0.2, -0.15) is 0 Å². The molecule has 0 aromatic carbocycles. The first-order chi connectivity index (χ1) is 12.6. The molecule has 1 aliphatic rings. The van der Waals surface area contributed by atoms with E-state index in [2.05, 4.69) is 20.6 Å². The topological polar surface area (TPSA) is 93.2 Å². The quantitative estimate of drug-likeness (QED) is 0.780. The van der Waals surface area contributed by atoms with Crippen molar-refractivity contribution in [3.8, 4) is 11.3 Å². The Hall–Kier alpha value is -2.48. The SMILES string of the molecule is COC(=O)CC1(NC(=O)Nc2nc(-c3cccnc3)cs2)CCCCC1. The number of rotatable bonds is 5. The van der Waals surface area contributed by atoms with Crippen molar-refractivity contribution in [2.75, 3.05) is 12.4 Å². The van der Waals surface area contributed by atoms with Crippen LogP contribution < -0.4 is 10.6 Å². The Morgan fingerprint density at radius 1 is 1.31 bits per heavy atom. The van der Waals surface area contributed by atoms with Crippen LogP contribution in [0, 0.1) is 0 Å². The second kappa shape index (κ2) is 8.27. The number of methoxy groups -OCH3 is 1. The van der Waals surface area contributed by atoms with Gasteiger partial charge in [0.1, 0.15) is 0 Å². The summed E-state index contributed by atoms with van der Waals surface area (Å²) in [6.07, 6.45) is 8.25. The van der Waals surface area contributed by atoms with E-state index < -0.39 is 5.54 Å². The summed E-state index contributed by atoms with van der Waals surface area (Å²) in [6, 6.07) is 3.41. The molecule has 2 aromatic heterocycles. The van der Waals surface area contributed by atoms with E-state index >= 15 is 0 Å². The number of carbonyl (C=O) groups is 2. The van der Waals surface area contributed by atoms with E-state index in [4.69, 9.17) is 4.74 Å². The molecule has 0 radical (unpaired) electrons. The zero-order valence-corrected chi connectivity index (χ0v) is 15.5. The lowest BCUT2D eigenvalue weighted by atomic mass is 9.79. The molecule has 2 N–H and O–H groups in total. The maximum atomic E-state index is 12.5. The number of ether oxygens (including phenoxy) is 1. The second-order valence-corrected chi connectivity index (χ2v) is 7.31. The van der Waals surface area contributed by atoms with Gasteiger partial charge in [0.15, 0.2) is 5.13 Å². The zero-order valence-electron chi connectivity index (χ0n) is 14.7. The van der Waals surface area contributed by atoms with Crippen LogP contribution in [-0.2, 0) is 9.53 Å². The molecule has 26 heavy (non-hydrogen) atoms. The summed E-state index contributed by atoms with van der Waals surface area (Å²) in [5, 5.41) is 8.16. The fraction of sp³-hybridized carbons (Fsp3) is 0.444. The summed E-state index contributed by atoms with van der Waals surface area (Å²) in [4.78, 5) is 32.8. The number of nitrogens with zero attached hydrogens (tertiary/aromatic N) is 2. The predicted molar refractivity (Wildman–Crippen MR) is 99.9 cm³/mol. The summed E-state index contributed by atoms with van der Waals surface area (Å²) in [6.45, 7) is 0. The Kier molecular flexibility index (Phi) is 5.82. The molecule has 0 spiro atoms. The normalized spacial score (nSPS) is 15.9. The van der Waals surface area contributed by atoms with Crippen molar-refractivity contribution in [1.29, 1.82) is 0 Å².